The maximum absolute atomic E-state index is 13.6. The Morgan fingerprint density at radius 3 is 2.68 bits per heavy atom. The van der Waals surface area contributed by atoms with Crippen molar-refractivity contribution in [1.82, 2.24) is 9.80 Å². The molecule has 0 bridgehead atoms. The number of carbonyl (C=O) groups is 3. The maximum Gasteiger partial charge on any atom is 0.263 e. The summed E-state index contributed by atoms with van der Waals surface area (Å²) >= 11 is 0. The van der Waals surface area contributed by atoms with Crippen LogP contribution in [0.5, 0.6) is 5.75 Å². The molecule has 198 valence electrons. The van der Waals surface area contributed by atoms with Gasteiger partial charge in [0.25, 0.3) is 11.8 Å². The first kappa shape index (κ1) is 25.6. The first-order valence-corrected chi connectivity index (χ1v) is 13.1. The van der Waals surface area contributed by atoms with E-state index < -0.39 is 0 Å². The van der Waals surface area contributed by atoms with E-state index in [2.05, 4.69) is 4.90 Å². The van der Waals surface area contributed by atoms with Crippen molar-refractivity contribution in [3.05, 3.63) is 83.3 Å². The minimum atomic E-state index is -0.285. The number of hydrogen-bond acceptors (Lipinski definition) is 6. The average Bonchev–Trinajstić information content (AvgIpc) is 3.58. The molecule has 38 heavy (non-hydrogen) atoms. The number of fused-ring (bicyclic) bond motifs is 1. The van der Waals surface area contributed by atoms with Crippen molar-refractivity contribution in [2.75, 3.05) is 38.7 Å². The molecule has 8 heteroatoms. The molecule has 3 heterocycles. The zero-order chi connectivity index (χ0) is 26.8. The number of ether oxygens (including phenoxy) is 1. The summed E-state index contributed by atoms with van der Waals surface area (Å²) in [5, 5.41) is 0. The first-order chi connectivity index (χ1) is 18.4. The molecule has 1 aromatic heterocycles. The number of nitrogens with zero attached hydrogens (tertiary/aromatic N) is 3. The van der Waals surface area contributed by atoms with Gasteiger partial charge in [-0.3, -0.25) is 19.3 Å². The molecule has 0 radical (unpaired) electrons. The Hall–Kier alpha value is -4.07. The molecule has 3 aromatic rings. The molecule has 8 nitrogen and oxygen atoms in total. The minimum absolute atomic E-state index is 0.0482. The van der Waals surface area contributed by atoms with E-state index in [1.54, 1.807) is 31.4 Å². The van der Waals surface area contributed by atoms with Gasteiger partial charge in [0.15, 0.2) is 0 Å². The number of rotatable bonds is 8. The van der Waals surface area contributed by atoms with Crippen LogP contribution >= 0.6 is 0 Å². The molecule has 1 saturated heterocycles. The fraction of sp³-hybridized carbons (Fsp3) is 0.367. The van der Waals surface area contributed by atoms with E-state index in [4.69, 9.17) is 9.15 Å². The standard InChI is InChI=1S/C30H33N3O5/c1-20(25-14-8-18-38-25)31(2)28(34)22-10-7-16-32(19-22)24-12-6-11-23-27(24)30(36)33(29(23)35)17-15-21-9-4-5-13-26(21)37-3/h4-6,8-9,11-14,18,20,22H,7,10,15-17,19H2,1-3H3. The summed E-state index contributed by atoms with van der Waals surface area (Å²) in [7, 11) is 3.41. The van der Waals surface area contributed by atoms with Gasteiger partial charge in [0.2, 0.25) is 5.91 Å². The second-order valence-electron chi connectivity index (χ2n) is 9.95. The van der Waals surface area contributed by atoms with Crippen molar-refractivity contribution >= 4 is 23.4 Å². The van der Waals surface area contributed by atoms with E-state index in [9.17, 15) is 14.4 Å². The van der Waals surface area contributed by atoms with Gasteiger partial charge >= 0.3 is 0 Å². The molecule has 2 unspecified atom stereocenters. The van der Waals surface area contributed by atoms with Crippen molar-refractivity contribution in [2.45, 2.75) is 32.2 Å². The van der Waals surface area contributed by atoms with Crippen LogP contribution in [0.1, 0.15) is 57.8 Å². The van der Waals surface area contributed by atoms with Crippen molar-refractivity contribution in [1.29, 1.82) is 0 Å². The molecule has 2 aromatic carbocycles. The van der Waals surface area contributed by atoms with Crippen LogP contribution in [0, 0.1) is 5.92 Å². The Bertz CT molecular complexity index is 1340. The molecule has 0 spiro atoms. The lowest BCUT2D eigenvalue weighted by Crippen LogP contribution is -2.44. The average molecular weight is 516 g/mol. The molecule has 2 aliphatic heterocycles. The third-order valence-electron chi connectivity index (χ3n) is 7.77. The second-order valence-corrected chi connectivity index (χ2v) is 9.95. The van der Waals surface area contributed by atoms with Gasteiger partial charge in [-0.05, 0) is 62.1 Å². The monoisotopic (exact) mass is 515 g/mol. The van der Waals surface area contributed by atoms with Gasteiger partial charge in [-0.15, -0.1) is 0 Å². The molecule has 2 aliphatic rings. The first-order valence-electron chi connectivity index (χ1n) is 13.1. The summed E-state index contributed by atoms with van der Waals surface area (Å²) in [6.45, 7) is 3.43. The predicted octanol–water partition coefficient (Wildman–Crippen LogP) is 4.56. The number of imide groups is 1. The Morgan fingerprint density at radius 2 is 1.92 bits per heavy atom. The van der Waals surface area contributed by atoms with Crippen LogP contribution < -0.4 is 9.64 Å². The van der Waals surface area contributed by atoms with Gasteiger partial charge in [0.05, 0.1) is 42.1 Å². The van der Waals surface area contributed by atoms with E-state index in [1.165, 1.54) is 4.90 Å². The Morgan fingerprint density at radius 1 is 1.11 bits per heavy atom. The van der Waals surface area contributed by atoms with Crippen LogP contribution in [-0.4, -0.2) is 61.3 Å². The number of carbonyl (C=O) groups excluding carboxylic acids is 3. The number of amides is 3. The maximum atomic E-state index is 13.6. The van der Waals surface area contributed by atoms with Gasteiger partial charge in [-0.25, -0.2) is 0 Å². The summed E-state index contributed by atoms with van der Waals surface area (Å²) in [5.41, 5.74) is 2.52. The molecule has 0 N–H and O–H groups in total. The highest BCUT2D eigenvalue weighted by Gasteiger charge is 2.39. The second kappa shape index (κ2) is 10.7. The fourth-order valence-electron chi connectivity index (χ4n) is 5.52. The Kier molecular flexibility index (Phi) is 7.22. The van der Waals surface area contributed by atoms with E-state index >= 15 is 0 Å². The number of methoxy groups -OCH3 is 1. The SMILES string of the molecule is COc1ccccc1CCN1C(=O)c2cccc(N3CCCC(C(=O)N(C)C(C)c4ccco4)C3)c2C1=O. The van der Waals surface area contributed by atoms with Crippen LogP contribution in [0.2, 0.25) is 0 Å². The fourth-order valence-corrected chi connectivity index (χ4v) is 5.52. The lowest BCUT2D eigenvalue weighted by Gasteiger charge is -2.37. The molecular formula is C30H33N3O5. The molecule has 3 amide bonds. The molecule has 5 rings (SSSR count). The lowest BCUT2D eigenvalue weighted by molar-refractivity contribution is -0.136. The summed E-state index contributed by atoms with van der Waals surface area (Å²) in [6, 6.07) is 16.6. The lowest BCUT2D eigenvalue weighted by atomic mass is 9.94. The minimum Gasteiger partial charge on any atom is -0.496 e. The number of piperidine rings is 1. The zero-order valence-corrected chi connectivity index (χ0v) is 22.1. The molecule has 0 aliphatic carbocycles. The number of benzene rings is 2. The Labute approximate surface area is 222 Å². The molecule has 1 fully saturated rings. The number of hydrogen-bond donors (Lipinski definition) is 0. The molecule has 0 saturated carbocycles. The van der Waals surface area contributed by atoms with E-state index in [1.807, 2.05) is 55.5 Å². The highest BCUT2D eigenvalue weighted by Crippen LogP contribution is 2.35. The van der Waals surface area contributed by atoms with Crippen molar-refractivity contribution in [3.8, 4) is 5.75 Å². The van der Waals surface area contributed by atoms with Gasteiger partial charge in [0.1, 0.15) is 11.5 Å². The van der Waals surface area contributed by atoms with Gasteiger partial charge < -0.3 is 19.0 Å². The summed E-state index contributed by atoms with van der Waals surface area (Å²) in [4.78, 5) is 45.4. The van der Waals surface area contributed by atoms with E-state index in [-0.39, 0.29) is 36.2 Å². The summed E-state index contributed by atoms with van der Waals surface area (Å²) in [5.74, 6) is 0.751. The van der Waals surface area contributed by atoms with Crippen LogP contribution in [0.15, 0.2) is 65.3 Å². The van der Waals surface area contributed by atoms with Crippen LogP contribution in [0.25, 0.3) is 0 Å². The highest BCUT2D eigenvalue weighted by atomic mass is 16.5. The third-order valence-corrected chi connectivity index (χ3v) is 7.77. The van der Waals surface area contributed by atoms with Gasteiger partial charge in [-0.2, -0.15) is 0 Å². The van der Waals surface area contributed by atoms with Gasteiger partial charge in [-0.1, -0.05) is 24.3 Å². The number of anilines is 1. The number of para-hydroxylation sites is 1. The summed E-state index contributed by atoms with van der Waals surface area (Å²) < 4.78 is 10.9. The summed E-state index contributed by atoms with van der Waals surface area (Å²) in [6.07, 6.45) is 3.71. The quantitative estimate of drug-likeness (QED) is 0.409. The number of furan rings is 1. The Balaban J connectivity index is 1.32. The van der Waals surface area contributed by atoms with Crippen molar-refractivity contribution in [3.63, 3.8) is 0 Å². The normalized spacial score (nSPS) is 17.9. The van der Waals surface area contributed by atoms with Crippen molar-refractivity contribution < 1.29 is 23.5 Å². The topological polar surface area (TPSA) is 83.3 Å². The van der Waals surface area contributed by atoms with Crippen LogP contribution in [-0.2, 0) is 11.2 Å². The largest absolute Gasteiger partial charge is 0.496 e. The molecular weight excluding hydrogens is 482 g/mol. The third kappa shape index (κ3) is 4.66. The zero-order valence-electron chi connectivity index (χ0n) is 22.1. The van der Waals surface area contributed by atoms with Gasteiger partial charge in [0, 0.05) is 26.7 Å². The molecule has 2 atom stereocenters. The van der Waals surface area contributed by atoms with E-state index in [0.29, 0.717) is 24.1 Å². The highest BCUT2D eigenvalue weighted by molar-refractivity contribution is 6.23. The van der Waals surface area contributed by atoms with Crippen LogP contribution in [0.4, 0.5) is 5.69 Å². The predicted molar refractivity (Wildman–Crippen MR) is 143 cm³/mol. The smallest absolute Gasteiger partial charge is 0.263 e. The van der Waals surface area contributed by atoms with E-state index in [0.717, 1.165) is 42.1 Å². The van der Waals surface area contributed by atoms with Crippen molar-refractivity contribution in [2.24, 2.45) is 5.92 Å². The van der Waals surface area contributed by atoms with Crippen LogP contribution in [0.3, 0.4) is 0 Å².